The van der Waals surface area contributed by atoms with Crippen molar-refractivity contribution in [2.24, 2.45) is 5.92 Å². The van der Waals surface area contributed by atoms with E-state index in [2.05, 4.69) is 20.9 Å². The minimum atomic E-state index is -0.510. The van der Waals surface area contributed by atoms with Gasteiger partial charge in [-0.25, -0.2) is 4.98 Å². The Morgan fingerprint density at radius 1 is 1.00 bits per heavy atom. The second-order valence-corrected chi connectivity index (χ2v) is 11.7. The van der Waals surface area contributed by atoms with Crippen LogP contribution in [0.15, 0.2) is 61.2 Å². The summed E-state index contributed by atoms with van der Waals surface area (Å²) in [5.74, 6) is 3.23. The second kappa shape index (κ2) is 15.1. The lowest BCUT2D eigenvalue weighted by Crippen LogP contribution is -2.41. The minimum Gasteiger partial charge on any atom is -0.497 e. The Bertz CT molecular complexity index is 1550. The molecule has 2 heterocycles. The highest BCUT2D eigenvalue weighted by Gasteiger charge is 2.25. The third kappa shape index (κ3) is 8.33. The molecule has 0 saturated heterocycles. The van der Waals surface area contributed by atoms with Crippen molar-refractivity contribution >= 4 is 40.9 Å². The third-order valence-electron chi connectivity index (χ3n) is 7.81. The summed E-state index contributed by atoms with van der Waals surface area (Å²) < 4.78 is 12.7. The maximum atomic E-state index is 13.7. The number of imidazole rings is 1. The summed E-state index contributed by atoms with van der Waals surface area (Å²) in [5, 5.41) is 10.9. The highest BCUT2D eigenvalue weighted by molar-refractivity contribution is 6.35. The number of ether oxygens (including phenoxy) is 2. The van der Waals surface area contributed by atoms with Gasteiger partial charge in [0.25, 0.3) is 0 Å². The van der Waals surface area contributed by atoms with Gasteiger partial charge in [-0.1, -0.05) is 61.4 Å². The molecule has 10 nitrogen and oxygen atoms in total. The minimum absolute atomic E-state index is 0.123. The molecule has 12 heteroatoms. The van der Waals surface area contributed by atoms with E-state index in [1.54, 1.807) is 43.4 Å². The summed E-state index contributed by atoms with van der Waals surface area (Å²) in [6, 6.07) is 12.2. The van der Waals surface area contributed by atoms with E-state index >= 15 is 0 Å². The fraction of sp³-hybridized carbons (Fsp3) is 0.375. The Hall–Kier alpha value is -4.02. The van der Waals surface area contributed by atoms with Crippen molar-refractivity contribution in [2.75, 3.05) is 24.9 Å². The molecule has 1 aliphatic carbocycles. The van der Waals surface area contributed by atoms with E-state index in [4.69, 9.17) is 42.6 Å². The predicted octanol–water partition coefficient (Wildman–Crippen LogP) is 6.67. The molecular weight excluding hydrogens is 601 g/mol. The lowest BCUT2D eigenvalue weighted by Gasteiger charge is -2.27. The molecule has 0 unspecified atom stereocenters. The van der Waals surface area contributed by atoms with Crippen molar-refractivity contribution in [1.82, 2.24) is 24.8 Å². The molecule has 44 heavy (non-hydrogen) atoms. The summed E-state index contributed by atoms with van der Waals surface area (Å²) in [7, 11) is 3.24. The van der Waals surface area contributed by atoms with Gasteiger partial charge in [0.15, 0.2) is 0 Å². The van der Waals surface area contributed by atoms with Crippen molar-refractivity contribution in [2.45, 2.75) is 57.7 Å². The van der Waals surface area contributed by atoms with Gasteiger partial charge in [0.2, 0.25) is 11.9 Å². The number of hydrogen-bond donors (Lipinski definition) is 3. The van der Waals surface area contributed by atoms with Crippen molar-refractivity contribution in [3.05, 3.63) is 82.4 Å². The molecular formula is C32H37Cl2N7O3. The van der Waals surface area contributed by atoms with Crippen molar-refractivity contribution in [3.8, 4) is 17.3 Å². The summed E-state index contributed by atoms with van der Waals surface area (Å²) >= 11 is 12.4. The first-order valence-corrected chi connectivity index (χ1v) is 15.5. The molecule has 0 bridgehead atoms. The van der Waals surface area contributed by atoms with Gasteiger partial charge < -0.3 is 25.4 Å². The summed E-state index contributed by atoms with van der Waals surface area (Å²) in [6.07, 6.45) is 11.7. The lowest BCUT2D eigenvalue weighted by atomic mass is 9.84. The lowest BCUT2D eigenvalue weighted by molar-refractivity contribution is -0.122. The molecule has 2 aromatic carbocycles. The van der Waals surface area contributed by atoms with Gasteiger partial charge in [-0.3, -0.25) is 9.36 Å². The number of carbonyl (C=O) groups excluding carboxylic acids is 1. The highest BCUT2D eigenvalue weighted by atomic mass is 35.5. The normalized spacial score (nSPS) is 14.1. The first-order chi connectivity index (χ1) is 21.4. The number of rotatable bonds is 13. The van der Waals surface area contributed by atoms with Crippen LogP contribution in [0.4, 0.5) is 11.8 Å². The van der Waals surface area contributed by atoms with Gasteiger partial charge in [-0.15, -0.1) is 0 Å². The summed E-state index contributed by atoms with van der Waals surface area (Å²) in [6.45, 7) is 0.700. The molecule has 0 radical (unpaired) electrons. The molecule has 5 rings (SSSR count). The zero-order valence-electron chi connectivity index (χ0n) is 24.9. The zero-order valence-corrected chi connectivity index (χ0v) is 26.4. The van der Waals surface area contributed by atoms with Crippen molar-refractivity contribution in [3.63, 3.8) is 0 Å². The Labute approximate surface area is 267 Å². The molecule has 1 aliphatic rings. The van der Waals surface area contributed by atoms with Crippen LogP contribution in [0.5, 0.6) is 11.5 Å². The smallest absolute Gasteiger partial charge is 0.242 e. The standard InChI is InChI=1S/C32H37Cl2N7O3/c1-43-25-11-9-23(28(16-25)44-2)19-37-32-39-29(17-30(40-32)41-13-12-35-20-41)38-27(14-21-6-4-3-5-7-21)31(42)36-18-22-8-10-24(33)15-26(22)34/h8-13,15-17,20-21,27H,3-7,14,18-19H2,1-2H3,(H,36,42)(H2,37,38,39,40)/t27-/m1/s1. The Morgan fingerprint density at radius 3 is 2.55 bits per heavy atom. The van der Waals surface area contributed by atoms with Crippen LogP contribution in [-0.4, -0.2) is 45.7 Å². The first-order valence-electron chi connectivity index (χ1n) is 14.7. The molecule has 1 fully saturated rings. The number of halogens is 2. The van der Waals surface area contributed by atoms with Crippen LogP contribution >= 0.6 is 23.2 Å². The van der Waals surface area contributed by atoms with Crippen LogP contribution in [0.25, 0.3) is 5.82 Å². The number of amides is 1. The molecule has 2 aromatic heterocycles. The van der Waals surface area contributed by atoms with Crippen molar-refractivity contribution < 1.29 is 14.3 Å². The molecule has 4 aromatic rings. The van der Waals surface area contributed by atoms with Gasteiger partial charge in [-0.05, 0) is 42.2 Å². The Morgan fingerprint density at radius 2 is 1.82 bits per heavy atom. The number of nitrogens with zero attached hydrogens (tertiary/aromatic N) is 4. The van der Waals surface area contributed by atoms with Crippen LogP contribution in [0, 0.1) is 5.92 Å². The van der Waals surface area contributed by atoms with Gasteiger partial charge in [0, 0.05) is 53.2 Å². The number of aromatic nitrogens is 4. The monoisotopic (exact) mass is 637 g/mol. The molecule has 1 saturated carbocycles. The second-order valence-electron chi connectivity index (χ2n) is 10.8. The summed E-state index contributed by atoms with van der Waals surface area (Å²) in [4.78, 5) is 27.3. The predicted molar refractivity (Wildman–Crippen MR) is 173 cm³/mol. The SMILES string of the molecule is COc1ccc(CNc2nc(N[C@H](CC3CCCCC3)C(=O)NCc3ccc(Cl)cc3Cl)cc(-n3ccnc3)n2)c(OC)c1. The van der Waals surface area contributed by atoms with Gasteiger partial charge in [0.05, 0.1) is 14.2 Å². The van der Waals surface area contributed by atoms with Crippen LogP contribution in [0.3, 0.4) is 0 Å². The van der Waals surface area contributed by atoms with E-state index in [9.17, 15) is 4.79 Å². The number of anilines is 2. The van der Waals surface area contributed by atoms with E-state index in [0.29, 0.717) is 58.0 Å². The van der Waals surface area contributed by atoms with E-state index in [1.165, 1.54) is 19.3 Å². The number of hydrogen-bond acceptors (Lipinski definition) is 8. The van der Waals surface area contributed by atoms with E-state index < -0.39 is 6.04 Å². The topological polar surface area (TPSA) is 115 Å². The molecule has 1 amide bonds. The third-order valence-corrected chi connectivity index (χ3v) is 8.40. The zero-order chi connectivity index (χ0) is 30.9. The highest BCUT2D eigenvalue weighted by Crippen LogP contribution is 2.29. The average Bonchev–Trinajstić information content (AvgIpc) is 3.59. The van der Waals surface area contributed by atoms with Gasteiger partial charge >= 0.3 is 0 Å². The fourth-order valence-electron chi connectivity index (χ4n) is 5.42. The Kier molecular flexibility index (Phi) is 10.8. The summed E-state index contributed by atoms with van der Waals surface area (Å²) in [5.41, 5.74) is 1.71. The van der Waals surface area contributed by atoms with Gasteiger partial charge in [0.1, 0.15) is 35.5 Å². The maximum Gasteiger partial charge on any atom is 0.242 e. The van der Waals surface area contributed by atoms with Crippen LogP contribution < -0.4 is 25.4 Å². The maximum absolute atomic E-state index is 13.7. The Balaban J connectivity index is 1.38. The van der Waals surface area contributed by atoms with E-state index in [1.807, 2.05) is 36.5 Å². The molecule has 1 atom stereocenters. The quantitative estimate of drug-likeness (QED) is 0.149. The van der Waals surface area contributed by atoms with E-state index in [0.717, 1.165) is 24.0 Å². The molecule has 0 aliphatic heterocycles. The number of nitrogens with one attached hydrogen (secondary N) is 3. The number of carbonyl (C=O) groups is 1. The number of methoxy groups -OCH3 is 2. The van der Waals surface area contributed by atoms with Crippen LogP contribution in [0.1, 0.15) is 49.7 Å². The first kappa shape index (κ1) is 31.4. The molecule has 0 spiro atoms. The largest absolute Gasteiger partial charge is 0.497 e. The van der Waals surface area contributed by atoms with E-state index in [-0.39, 0.29) is 12.5 Å². The van der Waals surface area contributed by atoms with Crippen LogP contribution in [-0.2, 0) is 17.9 Å². The molecule has 232 valence electrons. The van der Waals surface area contributed by atoms with Crippen molar-refractivity contribution in [1.29, 1.82) is 0 Å². The number of benzene rings is 2. The fourth-order valence-corrected chi connectivity index (χ4v) is 5.90. The van der Waals surface area contributed by atoms with Gasteiger partial charge in [-0.2, -0.15) is 9.97 Å². The molecule has 3 N–H and O–H groups in total. The van der Waals surface area contributed by atoms with Crippen LogP contribution in [0.2, 0.25) is 10.0 Å². The average molecular weight is 639 g/mol.